The average molecular weight is 713 g/mol. The van der Waals surface area contributed by atoms with Gasteiger partial charge in [0.1, 0.15) is 0 Å². The van der Waals surface area contributed by atoms with E-state index < -0.39 is 0 Å². The van der Waals surface area contributed by atoms with Gasteiger partial charge in [0.2, 0.25) is 0 Å². The summed E-state index contributed by atoms with van der Waals surface area (Å²) in [6.07, 6.45) is 0. The lowest BCUT2D eigenvalue weighted by Crippen LogP contribution is -1.96. The Balaban J connectivity index is 0.976. The Hall–Kier alpha value is -7.42. The molecule has 0 aliphatic carbocycles. The summed E-state index contributed by atoms with van der Waals surface area (Å²) in [7, 11) is 0. The van der Waals surface area contributed by atoms with Crippen LogP contribution in [-0.4, -0.2) is 9.97 Å². The summed E-state index contributed by atoms with van der Waals surface area (Å²) in [6, 6.07) is 77.6. The van der Waals surface area contributed by atoms with Crippen molar-refractivity contribution in [3.63, 3.8) is 0 Å². The second-order valence-corrected chi connectivity index (χ2v) is 14.2. The molecule has 2 heteroatoms. The van der Waals surface area contributed by atoms with Crippen molar-refractivity contribution in [2.45, 2.75) is 0 Å². The minimum atomic E-state index is 0.716. The molecular formula is C54H36N2. The first-order valence-electron chi connectivity index (χ1n) is 19.1. The molecule has 1 heterocycles. The normalized spacial score (nSPS) is 11.2. The van der Waals surface area contributed by atoms with Gasteiger partial charge < -0.3 is 0 Å². The van der Waals surface area contributed by atoms with Crippen LogP contribution in [0.1, 0.15) is 0 Å². The first-order chi connectivity index (χ1) is 27.7. The van der Waals surface area contributed by atoms with Gasteiger partial charge in [-0.2, -0.15) is 0 Å². The van der Waals surface area contributed by atoms with Crippen LogP contribution >= 0.6 is 0 Å². The molecule has 0 atom stereocenters. The molecule has 9 aromatic carbocycles. The Labute approximate surface area is 327 Å². The van der Waals surface area contributed by atoms with Crippen LogP contribution in [-0.2, 0) is 0 Å². The van der Waals surface area contributed by atoms with Crippen molar-refractivity contribution < 1.29 is 0 Å². The fourth-order valence-corrected chi connectivity index (χ4v) is 7.77. The highest BCUT2D eigenvalue weighted by Crippen LogP contribution is 2.37. The Morgan fingerprint density at radius 3 is 1.20 bits per heavy atom. The number of rotatable bonds is 7. The summed E-state index contributed by atoms with van der Waals surface area (Å²) in [5, 5.41) is 3.39. The third-order valence-corrected chi connectivity index (χ3v) is 10.7. The van der Waals surface area contributed by atoms with Crippen molar-refractivity contribution in [1.29, 1.82) is 0 Å². The molecule has 0 amide bonds. The minimum Gasteiger partial charge on any atom is -0.228 e. The molecule has 0 fully saturated rings. The highest BCUT2D eigenvalue weighted by atomic mass is 14.9. The van der Waals surface area contributed by atoms with Gasteiger partial charge in [-0.25, -0.2) is 9.97 Å². The van der Waals surface area contributed by atoms with E-state index in [0.717, 1.165) is 44.2 Å². The van der Waals surface area contributed by atoms with Gasteiger partial charge in [0.15, 0.2) is 5.82 Å². The quantitative estimate of drug-likeness (QED) is 0.154. The number of aromatic nitrogens is 2. The van der Waals surface area contributed by atoms with Crippen LogP contribution in [0.5, 0.6) is 0 Å². The summed E-state index contributed by atoms with van der Waals surface area (Å²) in [4.78, 5) is 10.5. The van der Waals surface area contributed by atoms with Crippen molar-refractivity contribution in [2.75, 3.05) is 0 Å². The van der Waals surface area contributed by atoms with Crippen molar-refractivity contribution in [1.82, 2.24) is 9.97 Å². The van der Waals surface area contributed by atoms with Crippen LogP contribution in [0.4, 0.5) is 0 Å². The number of hydrogen-bond donors (Lipinski definition) is 0. The lowest BCUT2D eigenvalue weighted by atomic mass is 9.95. The van der Waals surface area contributed by atoms with Gasteiger partial charge in [-0.15, -0.1) is 0 Å². The average Bonchev–Trinajstić information content (AvgIpc) is 3.29. The van der Waals surface area contributed by atoms with Gasteiger partial charge in [0.05, 0.1) is 11.2 Å². The molecule has 262 valence electrons. The molecule has 10 rings (SSSR count). The van der Waals surface area contributed by atoms with Crippen LogP contribution in [0.2, 0.25) is 0 Å². The largest absolute Gasteiger partial charge is 0.228 e. The highest BCUT2D eigenvalue weighted by molar-refractivity contribution is 6.12. The lowest BCUT2D eigenvalue weighted by molar-refractivity contribution is 1.23. The molecule has 10 aromatic rings. The maximum absolute atomic E-state index is 5.31. The van der Waals surface area contributed by atoms with Crippen LogP contribution < -0.4 is 0 Å². The lowest BCUT2D eigenvalue weighted by Gasteiger charge is -2.13. The molecule has 0 bridgehead atoms. The predicted molar refractivity (Wildman–Crippen MR) is 235 cm³/mol. The molecule has 0 aliphatic rings. The van der Waals surface area contributed by atoms with Gasteiger partial charge in [0, 0.05) is 16.5 Å². The third-order valence-electron chi connectivity index (χ3n) is 10.7. The number of fused-ring (bicyclic) bond motifs is 3. The van der Waals surface area contributed by atoms with Crippen LogP contribution in [0, 0.1) is 0 Å². The number of hydrogen-bond acceptors (Lipinski definition) is 2. The summed E-state index contributed by atoms with van der Waals surface area (Å²) in [5.74, 6) is 0.716. The molecule has 56 heavy (non-hydrogen) atoms. The molecule has 0 aliphatic heterocycles. The molecular weight excluding hydrogens is 677 g/mol. The van der Waals surface area contributed by atoms with E-state index in [0.29, 0.717) is 5.82 Å². The third kappa shape index (κ3) is 6.44. The molecule has 0 saturated carbocycles. The van der Waals surface area contributed by atoms with E-state index >= 15 is 0 Å². The number of nitrogens with zero attached hydrogens (tertiary/aromatic N) is 2. The van der Waals surface area contributed by atoms with E-state index in [1.54, 1.807) is 0 Å². The molecule has 0 N–H and O–H groups in total. The summed E-state index contributed by atoms with van der Waals surface area (Å²) in [5.41, 5.74) is 15.8. The van der Waals surface area contributed by atoms with Crippen LogP contribution in [0.3, 0.4) is 0 Å². The van der Waals surface area contributed by atoms with Crippen LogP contribution in [0.25, 0.3) is 100.0 Å². The van der Waals surface area contributed by atoms with E-state index in [1.807, 2.05) is 6.07 Å². The van der Waals surface area contributed by atoms with E-state index in [9.17, 15) is 0 Å². The smallest absolute Gasteiger partial charge is 0.160 e. The van der Waals surface area contributed by atoms with Crippen molar-refractivity contribution in [2.24, 2.45) is 0 Å². The molecule has 2 nitrogen and oxygen atoms in total. The molecule has 0 spiro atoms. The van der Waals surface area contributed by atoms with Gasteiger partial charge in [-0.05, 0) is 90.7 Å². The van der Waals surface area contributed by atoms with Crippen molar-refractivity contribution >= 4 is 21.7 Å². The van der Waals surface area contributed by atoms with Gasteiger partial charge in [0.25, 0.3) is 0 Å². The zero-order chi connectivity index (χ0) is 37.3. The second-order valence-electron chi connectivity index (χ2n) is 14.2. The Morgan fingerprint density at radius 1 is 0.250 bits per heavy atom. The Morgan fingerprint density at radius 2 is 0.643 bits per heavy atom. The maximum atomic E-state index is 5.31. The Bertz CT molecular complexity index is 2990. The minimum absolute atomic E-state index is 0.716. The van der Waals surface area contributed by atoms with E-state index in [4.69, 9.17) is 9.97 Å². The van der Waals surface area contributed by atoms with Gasteiger partial charge in [-0.3, -0.25) is 0 Å². The summed E-state index contributed by atoms with van der Waals surface area (Å²) in [6.45, 7) is 0. The fourth-order valence-electron chi connectivity index (χ4n) is 7.77. The highest BCUT2D eigenvalue weighted by Gasteiger charge is 2.15. The Kier molecular flexibility index (Phi) is 8.55. The van der Waals surface area contributed by atoms with Gasteiger partial charge >= 0.3 is 0 Å². The first-order valence-corrected chi connectivity index (χ1v) is 19.1. The van der Waals surface area contributed by atoms with E-state index in [2.05, 4.69) is 212 Å². The first kappa shape index (κ1) is 33.2. The van der Waals surface area contributed by atoms with Gasteiger partial charge in [-0.1, -0.05) is 194 Å². The molecule has 1 aromatic heterocycles. The standard InChI is InChI=1S/C54H36N2/c1-3-12-37(13-4-1)44-17-9-20-47(34-44)48-21-10-18-45(35-48)41-26-24-39(25-27-41)40-28-30-43(31-29-40)53-52-50-23-8-7-16-42(50)32-33-51(52)55-54(56-53)49-22-11-19-46(36-49)38-14-5-2-6-15-38/h1-36H. The second kappa shape index (κ2) is 14.4. The SMILES string of the molecule is c1ccc(-c2cccc(-c3cccc(-c4ccc(-c5ccc(-c6nc(-c7cccc(-c8ccccc8)c7)nc7ccc8ccccc8c67)cc5)cc4)c3)c2)cc1. The van der Waals surface area contributed by atoms with Crippen molar-refractivity contribution in [3.8, 4) is 78.3 Å². The number of benzene rings is 9. The van der Waals surface area contributed by atoms with E-state index in [-0.39, 0.29) is 0 Å². The zero-order valence-electron chi connectivity index (χ0n) is 30.7. The summed E-state index contributed by atoms with van der Waals surface area (Å²) >= 11 is 0. The topological polar surface area (TPSA) is 25.8 Å². The monoisotopic (exact) mass is 712 g/mol. The predicted octanol–water partition coefficient (Wildman–Crippen LogP) is 14.5. The van der Waals surface area contributed by atoms with Crippen LogP contribution in [0.15, 0.2) is 218 Å². The molecule has 0 saturated heterocycles. The van der Waals surface area contributed by atoms with Crippen molar-refractivity contribution in [3.05, 3.63) is 218 Å². The molecule has 0 unspecified atom stereocenters. The van der Waals surface area contributed by atoms with E-state index in [1.165, 1.54) is 49.9 Å². The molecule has 0 radical (unpaired) electrons. The zero-order valence-corrected chi connectivity index (χ0v) is 30.7. The fraction of sp³-hybridized carbons (Fsp3) is 0. The maximum Gasteiger partial charge on any atom is 0.160 e. The summed E-state index contributed by atoms with van der Waals surface area (Å²) < 4.78 is 0.